The van der Waals surface area contributed by atoms with E-state index in [9.17, 15) is 0 Å². The van der Waals surface area contributed by atoms with Crippen LogP contribution in [0.4, 0.5) is 5.82 Å². The molecule has 16 heavy (non-hydrogen) atoms. The van der Waals surface area contributed by atoms with Gasteiger partial charge in [-0.2, -0.15) is 0 Å². The van der Waals surface area contributed by atoms with Gasteiger partial charge in [-0.1, -0.05) is 23.4 Å². The van der Waals surface area contributed by atoms with Gasteiger partial charge in [0.15, 0.2) is 5.16 Å². The van der Waals surface area contributed by atoms with E-state index in [2.05, 4.69) is 20.3 Å². The molecule has 0 radical (unpaired) electrons. The number of aromatic amines is 1. The number of thioether (sulfide) groups is 1. The Bertz CT molecular complexity index is 458. The maximum absolute atomic E-state index is 6.06. The maximum Gasteiger partial charge on any atom is 0.165 e. The summed E-state index contributed by atoms with van der Waals surface area (Å²) in [4.78, 5) is 11.5. The van der Waals surface area contributed by atoms with E-state index in [0.717, 1.165) is 16.7 Å². The molecule has 0 aliphatic carbocycles. The van der Waals surface area contributed by atoms with Gasteiger partial charge in [0.25, 0.3) is 0 Å². The van der Waals surface area contributed by atoms with Crippen LogP contribution in [0.3, 0.4) is 0 Å². The highest BCUT2D eigenvalue weighted by Gasteiger charge is 2.05. The topological polar surface area (TPSA) is 53.6 Å². The van der Waals surface area contributed by atoms with Crippen LogP contribution in [-0.4, -0.2) is 22.0 Å². The molecule has 0 fully saturated rings. The van der Waals surface area contributed by atoms with E-state index in [4.69, 9.17) is 11.6 Å². The summed E-state index contributed by atoms with van der Waals surface area (Å²) in [5.41, 5.74) is 0.856. The molecule has 0 unspecified atom stereocenters. The average molecular weight is 255 g/mol. The Morgan fingerprint density at radius 1 is 1.50 bits per heavy atom. The molecule has 0 bridgehead atoms. The number of imidazole rings is 1. The Morgan fingerprint density at radius 3 is 3.06 bits per heavy atom. The summed E-state index contributed by atoms with van der Waals surface area (Å²) in [5.74, 6) is 1.52. The number of halogens is 1. The minimum absolute atomic E-state index is 0.679. The van der Waals surface area contributed by atoms with Gasteiger partial charge in [-0.15, -0.1) is 0 Å². The van der Waals surface area contributed by atoms with Gasteiger partial charge >= 0.3 is 0 Å². The predicted molar refractivity (Wildman–Crippen MR) is 66.9 cm³/mol. The van der Waals surface area contributed by atoms with E-state index in [1.165, 1.54) is 0 Å². The number of nitrogens with one attached hydrogen (secondary N) is 2. The molecule has 6 heteroatoms. The Labute approximate surface area is 103 Å². The molecule has 2 aromatic heterocycles. The Hall–Kier alpha value is -1.20. The molecule has 4 nitrogen and oxygen atoms in total. The lowest BCUT2D eigenvalue weighted by Gasteiger charge is -2.05. The standard InChI is InChI=1S/C10H11ClN4S/c1-12-9-3-2-7(11)8(15-9)6-16-10-13-4-5-14-10/h2-5H,6H2,1H3,(H,12,15)(H,13,14). The minimum Gasteiger partial charge on any atom is -0.373 e. The van der Waals surface area contributed by atoms with E-state index in [1.807, 2.05) is 19.2 Å². The maximum atomic E-state index is 6.06. The van der Waals surface area contributed by atoms with E-state index in [0.29, 0.717) is 10.8 Å². The third kappa shape index (κ3) is 2.68. The van der Waals surface area contributed by atoms with Crippen molar-refractivity contribution < 1.29 is 0 Å². The summed E-state index contributed by atoms with van der Waals surface area (Å²) in [7, 11) is 1.83. The first-order chi connectivity index (χ1) is 7.79. The van der Waals surface area contributed by atoms with Gasteiger partial charge in [0.2, 0.25) is 0 Å². The van der Waals surface area contributed by atoms with Gasteiger partial charge in [-0.25, -0.2) is 9.97 Å². The number of pyridine rings is 1. The molecule has 2 rings (SSSR count). The SMILES string of the molecule is CNc1ccc(Cl)c(CSc2ncc[nH]2)n1. The lowest BCUT2D eigenvalue weighted by Crippen LogP contribution is -1.96. The second-order valence-corrected chi connectivity index (χ2v) is 4.43. The summed E-state index contributed by atoms with van der Waals surface area (Å²) >= 11 is 7.63. The van der Waals surface area contributed by atoms with E-state index < -0.39 is 0 Å². The van der Waals surface area contributed by atoms with Crippen molar-refractivity contribution in [2.45, 2.75) is 10.9 Å². The van der Waals surface area contributed by atoms with Crippen molar-refractivity contribution >= 4 is 29.2 Å². The summed E-state index contributed by atoms with van der Waals surface area (Å²) in [6.07, 6.45) is 3.52. The van der Waals surface area contributed by atoms with E-state index in [-0.39, 0.29) is 0 Å². The molecular formula is C10H11ClN4S. The highest BCUT2D eigenvalue weighted by molar-refractivity contribution is 7.98. The molecular weight excluding hydrogens is 244 g/mol. The first-order valence-corrected chi connectivity index (χ1v) is 6.11. The minimum atomic E-state index is 0.679. The van der Waals surface area contributed by atoms with Crippen LogP contribution in [0.5, 0.6) is 0 Å². The van der Waals surface area contributed by atoms with Gasteiger partial charge < -0.3 is 10.3 Å². The zero-order valence-corrected chi connectivity index (χ0v) is 10.3. The molecule has 0 saturated heterocycles. The third-order valence-corrected chi connectivity index (χ3v) is 3.25. The molecule has 84 valence electrons. The van der Waals surface area contributed by atoms with E-state index >= 15 is 0 Å². The zero-order chi connectivity index (χ0) is 11.4. The van der Waals surface area contributed by atoms with Crippen molar-refractivity contribution in [2.24, 2.45) is 0 Å². The number of nitrogens with zero attached hydrogens (tertiary/aromatic N) is 2. The zero-order valence-electron chi connectivity index (χ0n) is 8.70. The van der Waals surface area contributed by atoms with Gasteiger partial charge in [0, 0.05) is 25.2 Å². The van der Waals surface area contributed by atoms with Crippen LogP contribution < -0.4 is 5.32 Å². The Kier molecular flexibility index (Phi) is 3.69. The number of anilines is 1. The number of H-pyrrole nitrogens is 1. The molecule has 0 amide bonds. The smallest absolute Gasteiger partial charge is 0.165 e. The fraction of sp³-hybridized carbons (Fsp3) is 0.200. The summed E-state index contributed by atoms with van der Waals surface area (Å²) in [5, 5.41) is 4.53. The Balaban J connectivity index is 2.08. The van der Waals surface area contributed by atoms with Gasteiger partial charge in [-0.3, -0.25) is 0 Å². The van der Waals surface area contributed by atoms with Gasteiger partial charge in [0.1, 0.15) is 5.82 Å². The molecule has 0 atom stereocenters. The molecule has 0 aromatic carbocycles. The number of hydrogen-bond donors (Lipinski definition) is 2. The molecule has 0 saturated carbocycles. The number of aromatic nitrogens is 3. The van der Waals surface area contributed by atoms with Crippen LogP contribution in [0.25, 0.3) is 0 Å². The van der Waals surface area contributed by atoms with Crippen LogP contribution in [-0.2, 0) is 5.75 Å². The van der Waals surface area contributed by atoms with Crippen molar-refractivity contribution in [1.82, 2.24) is 15.0 Å². The average Bonchev–Trinajstić information content (AvgIpc) is 2.81. The molecule has 2 N–H and O–H groups in total. The van der Waals surface area contributed by atoms with Gasteiger partial charge in [0.05, 0.1) is 10.7 Å². The summed E-state index contributed by atoms with van der Waals surface area (Å²) in [6.45, 7) is 0. The monoisotopic (exact) mass is 254 g/mol. The predicted octanol–water partition coefficient (Wildman–Crippen LogP) is 2.79. The van der Waals surface area contributed by atoms with Crippen molar-refractivity contribution in [3.8, 4) is 0 Å². The van der Waals surface area contributed by atoms with Crippen molar-refractivity contribution in [1.29, 1.82) is 0 Å². The molecule has 0 aliphatic rings. The third-order valence-electron chi connectivity index (χ3n) is 1.99. The second kappa shape index (κ2) is 5.23. The largest absolute Gasteiger partial charge is 0.373 e. The van der Waals surface area contributed by atoms with Crippen molar-refractivity contribution in [3.63, 3.8) is 0 Å². The number of hydrogen-bond acceptors (Lipinski definition) is 4. The molecule has 2 heterocycles. The lowest BCUT2D eigenvalue weighted by molar-refractivity contribution is 1.05. The molecule has 2 aromatic rings. The van der Waals surface area contributed by atoms with Crippen molar-refractivity contribution in [3.05, 3.63) is 35.2 Å². The quantitative estimate of drug-likeness (QED) is 0.824. The first kappa shape index (κ1) is 11.3. The fourth-order valence-electron chi connectivity index (χ4n) is 1.19. The highest BCUT2D eigenvalue weighted by Crippen LogP contribution is 2.24. The van der Waals surface area contributed by atoms with Crippen LogP contribution in [0, 0.1) is 0 Å². The van der Waals surface area contributed by atoms with Gasteiger partial charge in [-0.05, 0) is 12.1 Å². The highest BCUT2D eigenvalue weighted by atomic mass is 35.5. The Morgan fingerprint density at radius 2 is 2.38 bits per heavy atom. The second-order valence-electron chi connectivity index (χ2n) is 3.06. The molecule has 0 aliphatic heterocycles. The van der Waals surface area contributed by atoms with Crippen LogP contribution >= 0.6 is 23.4 Å². The van der Waals surface area contributed by atoms with E-state index in [1.54, 1.807) is 24.2 Å². The summed E-state index contributed by atoms with van der Waals surface area (Å²) in [6, 6.07) is 3.70. The first-order valence-electron chi connectivity index (χ1n) is 4.75. The normalized spacial score (nSPS) is 10.4. The van der Waals surface area contributed by atoms with Crippen LogP contribution in [0.15, 0.2) is 29.7 Å². The number of rotatable bonds is 4. The van der Waals surface area contributed by atoms with Crippen LogP contribution in [0.2, 0.25) is 5.02 Å². The summed E-state index contributed by atoms with van der Waals surface area (Å²) < 4.78 is 0. The van der Waals surface area contributed by atoms with Crippen LogP contribution in [0.1, 0.15) is 5.69 Å². The fourth-order valence-corrected chi connectivity index (χ4v) is 2.22. The van der Waals surface area contributed by atoms with Crippen molar-refractivity contribution in [2.75, 3.05) is 12.4 Å². The lowest BCUT2D eigenvalue weighted by atomic mass is 10.3. The molecule has 0 spiro atoms.